The molecule has 1 aromatic heterocycles. The van der Waals surface area contributed by atoms with Crippen LogP contribution in [0, 0.1) is 0 Å². The van der Waals surface area contributed by atoms with Gasteiger partial charge in [-0.25, -0.2) is 4.98 Å². The highest BCUT2D eigenvalue weighted by molar-refractivity contribution is 6.33. The number of aromatic nitrogens is 1. The fourth-order valence-corrected chi connectivity index (χ4v) is 2.14. The van der Waals surface area contributed by atoms with Gasteiger partial charge in [0.05, 0.1) is 11.6 Å². The van der Waals surface area contributed by atoms with Gasteiger partial charge in [-0.15, -0.1) is 0 Å². The molecular formula is C14H24ClN3O. The summed E-state index contributed by atoms with van der Waals surface area (Å²) in [6.07, 6.45) is 1.88. The molecule has 0 aliphatic rings. The van der Waals surface area contributed by atoms with Crippen LogP contribution in [0.1, 0.15) is 26.3 Å². The molecule has 0 spiro atoms. The highest BCUT2D eigenvalue weighted by Crippen LogP contribution is 2.25. The number of pyridine rings is 1. The Morgan fingerprint density at radius 2 is 2.21 bits per heavy atom. The molecule has 0 saturated heterocycles. The van der Waals surface area contributed by atoms with E-state index in [2.05, 4.69) is 36.0 Å². The average molecular weight is 286 g/mol. The van der Waals surface area contributed by atoms with E-state index in [1.807, 2.05) is 12.3 Å². The second-order valence-electron chi connectivity index (χ2n) is 4.71. The number of methoxy groups -OCH3 is 1. The predicted molar refractivity (Wildman–Crippen MR) is 81.0 cm³/mol. The molecule has 0 fully saturated rings. The van der Waals surface area contributed by atoms with Gasteiger partial charge in [-0.3, -0.25) is 0 Å². The third-order valence-electron chi connectivity index (χ3n) is 2.89. The first-order valence-electron chi connectivity index (χ1n) is 6.70. The molecule has 0 amide bonds. The second-order valence-corrected chi connectivity index (χ2v) is 5.12. The summed E-state index contributed by atoms with van der Waals surface area (Å²) in [7, 11) is 1.70. The van der Waals surface area contributed by atoms with Gasteiger partial charge in [-0.2, -0.15) is 0 Å². The summed E-state index contributed by atoms with van der Waals surface area (Å²) in [5.41, 5.74) is 1.10. The Kier molecular flexibility index (Phi) is 7.13. The standard InChI is InChI=1S/C14H24ClN3O/c1-5-16-9-12-8-13(15)14(17-10-12)18(11(2)3)6-7-19-4/h8,10-11,16H,5-7,9H2,1-4H3. The summed E-state index contributed by atoms with van der Waals surface area (Å²) in [5, 5.41) is 3.96. The lowest BCUT2D eigenvalue weighted by atomic mass is 10.2. The van der Waals surface area contributed by atoms with Crippen LogP contribution in [0.25, 0.3) is 0 Å². The highest BCUT2D eigenvalue weighted by Gasteiger charge is 2.15. The van der Waals surface area contributed by atoms with Gasteiger partial charge in [0.15, 0.2) is 0 Å². The predicted octanol–water partition coefficient (Wildman–Crippen LogP) is 2.71. The molecule has 0 bridgehead atoms. The first-order valence-corrected chi connectivity index (χ1v) is 7.08. The van der Waals surface area contributed by atoms with Crippen LogP contribution in [0.5, 0.6) is 0 Å². The fourth-order valence-electron chi connectivity index (χ4n) is 1.85. The molecule has 0 aliphatic heterocycles. The molecule has 1 rings (SSSR count). The van der Waals surface area contributed by atoms with E-state index in [0.717, 1.165) is 31.0 Å². The first kappa shape index (κ1) is 16.2. The van der Waals surface area contributed by atoms with Crippen LogP contribution < -0.4 is 10.2 Å². The maximum absolute atomic E-state index is 6.35. The second kappa shape index (κ2) is 8.35. The minimum absolute atomic E-state index is 0.333. The summed E-state index contributed by atoms with van der Waals surface area (Å²) >= 11 is 6.35. The number of hydrogen-bond acceptors (Lipinski definition) is 4. The fraction of sp³-hybridized carbons (Fsp3) is 0.643. The van der Waals surface area contributed by atoms with Crippen LogP contribution >= 0.6 is 11.6 Å². The Labute approximate surface area is 121 Å². The molecule has 19 heavy (non-hydrogen) atoms. The normalized spacial score (nSPS) is 11.1. The van der Waals surface area contributed by atoms with Crippen LogP contribution in [-0.4, -0.2) is 37.8 Å². The van der Waals surface area contributed by atoms with Gasteiger partial charge in [0.25, 0.3) is 0 Å². The van der Waals surface area contributed by atoms with E-state index in [1.165, 1.54) is 0 Å². The third kappa shape index (κ3) is 4.97. The Balaban J connectivity index is 2.85. The SMILES string of the molecule is CCNCc1cnc(N(CCOC)C(C)C)c(Cl)c1. The Morgan fingerprint density at radius 3 is 2.74 bits per heavy atom. The lowest BCUT2D eigenvalue weighted by Crippen LogP contribution is -2.34. The first-order chi connectivity index (χ1) is 9.10. The summed E-state index contributed by atoms with van der Waals surface area (Å²) in [5.74, 6) is 0.828. The van der Waals surface area contributed by atoms with Crippen molar-refractivity contribution in [3.8, 4) is 0 Å². The van der Waals surface area contributed by atoms with Gasteiger partial charge in [0, 0.05) is 32.4 Å². The molecule has 4 nitrogen and oxygen atoms in total. The zero-order valence-corrected chi connectivity index (χ0v) is 13.0. The molecule has 0 unspecified atom stereocenters. The summed E-state index contributed by atoms with van der Waals surface area (Å²) in [6, 6.07) is 2.31. The molecule has 0 aliphatic carbocycles. The number of rotatable bonds is 8. The maximum atomic E-state index is 6.35. The summed E-state index contributed by atoms with van der Waals surface area (Å²) in [4.78, 5) is 6.66. The number of hydrogen-bond donors (Lipinski definition) is 1. The molecule has 0 aromatic carbocycles. The summed E-state index contributed by atoms with van der Waals surface area (Å²) < 4.78 is 5.14. The van der Waals surface area contributed by atoms with E-state index >= 15 is 0 Å². The lowest BCUT2D eigenvalue weighted by molar-refractivity contribution is 0.203. The van der Waals surface area contributed by atoms with Crippen LogP contribution in [0.3, 0.4) is 0 Å². The number of nitrogens with one attached hydrogen (secondary N) is 1. The third-order valence-corrected chi connectivity index (χ3v) is 3.17. The van der Waals surface area contributed by atoms with Crippen LogP contribution in [0.4, 0.5) is 5.82 Å². The van der Waals surface area contributed by atoms with Gasteiger partial charge >= 0.3 is 0 Å². The average Bonchev–Trinajstić information content (AvgIpc) is 2.38. The maximum Gasteiger partial charge on any atom is 0.147 e. The molecule has 5 heteroatoms. The molecule has 1 N–H and O–H groups in total. The van der Waals surface area contributed by atoms with Crippen LogP contribution in [0.15, 0.2) is 12.3 Å². The van der Waals surface area contributed by atoms with Crippen molar-refractivity contribution in [1.29, 1.82) is 0 Å². The number of ether oxygens (including phenoxy) is 1. The monoisotopic (exact) mass is 285 g/mol. The zero-order valence-electron chi connectivity index (χ0n) is 12.2. The van der Waals surface area contributed by atoms with Crippen molar-refractivity contribution in [2.75, 3.05) is 31.7 Å². The Hall–Kier alpha value is -0.840. The van der Waals surface area contributed by atoms with Crippen molar-refractivity contribution in [2.24, 2.45) is 0 Å². The van der Waals surface area contributed by atoms with Gasteiger partial charge in [-0.1, -0.05) is 18.5 Å². The largest absolute Gasteiger partial charge is 0.383 e. The van der Waals surface area contributed by atoms with E-state index in [9.17, 15) is 0 Å². The van der Waals surface area contributed by atoms with Crippen molar-refractivity contribution in [3.05, 3.63) is 22.8 Å². The van der Waals surface area contributed by atoms with Gasteiger partial charge in [-0.05, 0) is 32.0 Å². The van der Waals surface area contributed by atoms with E-state index in [4.69, 9.17) is 16.3 Å². The van der Waals surface area contributed by atoms with Gasteiger partial charge in [0.2, 0.25) is 0 Å². The number of halogens is 1. The molecule has 0 atom stereocenters. The molecule has 1 heterocycles. The zero-order chi connectivity index (χ0) is 14.3. The topological polar surface area (TPSA) is 37.4 Å². The van der Waals surface area contributed by atoms with E-state index in [1.54, 1.807) is 7.11 Å². The Bertz CT molecular complexity index is 385. The van der Waals surface area contributed by atoms with Crippen molar-refractivity contribution in [3.63, 3.8) is 0 Å². The minimum atomic E-state index is 0.333. The molecule has 0 radical (unpaired) electrons. The highest BCUT2D eigenvalue weighted by atomic mass is 35.5. The quantitative estimate of drug-likeness (QED) is 0.797. The van der Waals surface area contributed by atoms with E-state index in [0.29, 0.717) is 17.7 Å². The van der Waals surface area contributed by atoms with Gasteiger partial charge < -0.3 is 15.0 Å². The number of anilines is 1. The molecular weight excluding hydrogens is 262 g/mol. The van der Waals surface area contributed by atoms with E-state index < -0.39 is 0 Å². The van der Waals surface area contributed by atoms with E-state index in [-0.39, 0.29) is 0 Å². The van der Waals surface area contributed by atoms with Crippen molar-refractivity contribution in [2.45, 2.75) is 33.4 Å². The van der Waals surface area contributed by atoms with Crippen molar-refractivity contribution >= 4 is 17.4 Å². The smallest absolute Gasteiger partial charge is 0.147 e. The molecule has 0 saturated carbocycles. The van der Waals surface area contributed by atoms with Crippen LogP contribution in [-0.2, 0) is 11.3 Å². The number of nitrogens with zero attached hydrogens (tertiary/aromatic N) is 2. The Morgan fingerprint density at radius 1 is 1.47 bits per heavy atom. The van der Waals surface area contributed by atoms with Crippen molar-refractivity contribution < 1.29 is 4.74 Å². The molecule has 1 aromatic rings. The molecule has 108 valence electrons. The van der Waals surface area contributed by atoms with Crippen LogP contribution in [0.2, 0.25) is 5.02 Å². The van der Waals surface area contributed by atoms with Crippen molar-refractivity contribution in [1.82, 2.24) is 10.3 Å². The van der Waals surface area contributed by atoms with Gasteiger partial charge in [0.1, 0.15) is 5.82 Å². The lowest BCUT2D eigenvalue weighted by Gasteiger charge is -2.28. The summed E-state index contributed by atoms with van der Waals surface area (Å²) in [6.45, 7) is 9.51. The minimum Gasteiger partial charge on any atom is -0.383 e.